The topological polar surface area (TPSA) is 123 Å². The molecule has 2 aromatic heterocycles. The van der Waals surface area contributed by atoms with Crippen molar-refractivity contribution in [2.75, 3.05) is 5.73 Å². The largest absolute Gasteiger partial charge is 0.594 e. The van der Waals surface area contributed by atoms with Gasteiger partial charge in [0, 0.05) is 17.8 Å². The maximum absolute atomic E-state index is 12.0. The van der Waals surface area contributed by atoms with E-state index in [-0.39, 0.29) is 11.5 Å². The first kappa shape index (κ1) is 15.7. The van der Waals surface area contributed by atoms with E-state index in [1.807, 2.05) is 0 Å². The molecule has 0 aliphatic rings. The van der Waals surface area contributed by atoms with Crippen LogP contribution in [0.25, 0.3) is 22.2 Å². The third-order valence-corrected chi connectivity index (χ3v) is 3.11. The van der Waals surface area contributed by atoms with E-state index in [4.69, 9.17) is 10.5 Å². The van der Waals surface area contributed by atoms with Crippen molar-refractivity contribution in [3.8, 4) is 11.1 Å². The molecule has 3 aromatic rings. The summed E-state index contributed by atoms with van der Waals surface area (Å²) in [5.74, 6) is -0.0944. The Hall–Kier alpha value is -3.23. The van der Waals surface area contributed by atoms with Crippen LogP contribution in [0.1, 0.15) is 20.8 Å². The predicted molar refractivity (Wildman–Crippen MR) is 85.8 cm³/mol. The number of hydrogen-bond donors (Lipinski definition) is 1. The summed E-state index contributed by atoms with van der Waals surface area (Å²) in [6.07, 6.45) is 2.46. The molecule has 24 heavy (non-hydrogen) atoms. The summed E-state index contributed by atoms with van der Waals surface area (Å²) < 4.78 is 6.36. The molecule has 0 radical (unpaired) electrons. The van der Waals surface area contributed by atoms with E-state index in [2.05, 4.69) is 15.2 Å². The van der Waals surface area contributed by atoms with Gasteiger partial charge in [-0.05, 0) is 37.2 Å². The van der Waals surface area contributed by atoms with Crippen LogP contribution in [0, 0.1) is 5.21 Å². The lowest BCUT2D eigenvalue weighted by atomic mass is 10.1. The quantitative estimate of drug-likeness (QED) is 0.530. The van der Waals surface area contributed by atoms with Crippen LogP contribution >= 0.6 is 0 Å². The summed E-state index contributed by atoms with van der Waals surface area (Å²) in [6.45, 7) is 5.33. The van der Waals surface area contributed by atoms with E-state index < -0.39 is 11.7 Å². The number of carbonyl (C=O) groups excluding carboxylic acids is 1. The van der Waals surface area contributed by atoms with Crippen LogP contribution in [0.5, 0.6) is 0 Å². The van der Waals surface area contributed by atoms with Gasteiger partial charge in [-0.15, -0.1) is 0 Å². The number of fused-ring (bicyclic) bond motifs is 1. The molecule has 9 heteroatoms. The Balaban J connectivity index is 1.95. The van der Waals surface area contributed by atoms with Crippen molar-refractivity contribution in [3.05, 3.63) is 35.8 Å². The summed E-state index contributed by atoms with van der Waals surface area (Å²) in [7, 11) is 0. The smallest absolute Gasteiger partial charge is 0.435 e. The first-order valence-electron chi connectivity index (χ1n) is 7.18. The molecule has 3 rings (SSSR count). The van der Waals surface area contributed by atoms with Gasteiger partial charge in [-0.3, -0.25) is 0 Å². The molecule has 0 saturated heterocycles. The fraction of sp³-hybridized carbons (Fsp3) is 0.267. The molecule has 1 aromatic carbocycles. The van der Waals surface area contributed by atoms with Crippen LogP contribution in [0.2, 0.25) is 0 Å². The van der Waals surface area contributed by atoms with Crippen molar-refractivity contribution >= 4 is 23.1 Å². The van der Waals surface area contributed by atoms with E-state index in [9.17, 15) is 10.0 Å². The first-order valence-corrected chi connectivity index (χ1v) is 7.18. The van der Waals surface area contributed by atoms with Crippen LogP contribution in [0.15, 0.2) is 30.6 Å². The number of rotatable bonds is 1. The molecule has 2 heterocycles. The maximum Gasteiger partial charge on any atom is 0.435 e. The van der Waals surface area contributed by atoms with Crippen LogP contribution in [0.4, 0.5) is 10.7 Å². The number of carbonyl (C=O) groups is 1. The standard InChI is InChI=1S/C15H16N6O3/c1-15(2,3)24-14(22)20-8-10(7-17-20)9-4-5-11-12(6-9)21(23)19-13(16)18-11/h4-8H,1-3H3,(H2,16,18,19). The highest BCUT2D eigenvalue weighted by atomic mass is 16.6. The number of aromatic nitrogens is 5. The lowest BCUT2D eigenvalue weighted by Crippen LogP contribution is -2.33. The molecule has 0 saturated carbocycles. The molecule has 0 aliphatic carbocycles. The zero-order valence-corrected chi connectivity index (χ0v) is 13.4. The summed E-state index contributed by atoms with van der Waals surface area (Å²) in [5.41, 5.74) is 6.88. The minimum absolute atomic E-state index is 0.0944. The molecule has 0 aliphatic heterocycles. The highest BCUT2D eigenvalue weighted by Crippen LogP contribution is 2.22. The van der Waals surface area contributed by atoms with Crippen molar-refractivity contribution < 1.29 is 14.4 Å². The molecule has 124 valence electrons. The zero-order valence-electron chi connectivity index (χ0n) is 13.4. The second-order valence-electron chi connectivity index (χ2n) is 6.20. The molecule has 0 amide bonds. The SMILES string of the molecule is CC(C)(C)OC(=O)n1cc(-c2ccc3nc(N)n[n+]([O-])c3c2)cn1. The number of nitrogens with two attached hydrogens (primary N) is 1. The highest BCUT2D eigenvalue weighted by Gasteiger charge is 2.19. The summed E-state index contributed by atoms with van der Waals surface area (Å²) in [4.78, 5) is 16.4. The first-order chi connectivity index (χ1) is 11.2. The molecular formula is C15H16N6O3. The van der Waals surface area contributed by atoms with Crippen LogP contribution in [0.3, 0.4) is 0 Å². The Bertz CT molecular complexity index is 929. The Morgan fingerprint density at radius 1 is 1.33 bits per heavy atom. The monoisotopic (exact) mass is 328 g/mol. The molecule has 0 bridgehead atoms. The second kappa shape index (κ2) is 5.44. The average molecular weight is 328 g/mol. The van der Waals surface area contributed by atoms with Crippen molar-refractivity contribution in [3.63, 3.8) is 0 Å². The van der Waals surface area contributed by atoms with Crippen molar-refractivity contribution in [2.45, 2.75) is 26.4 Å². The van der Waals surface area contributed by atoms with Gasteiger partial charge < -0.3 is 15.7 Å². The Kier molecular flexibility index (Phi) is 3.55. The van der Waals surface area contributed by atoms with E-state index in [0.717, 1.165) is 4.68 Å². The van der Waals surface area contributed by atoms with Crippen LogP contribution < -0.4 is 10.6 Å². The normalized spacial score (nSPS) is 11.6. The van der Waals surface area contributed by atoms with Gasteiger partial charge in [-0.1, -0.05) is 6.07 Å². The van der Waals surface area contributed by atoms with E-state index >= 15 is 0 Å². The summed E-state index contributed by atoms with van der Waals surface area (Å²) in [5, 5.41) is 19.4. The number of ether oxygens (including phenoxy) is 1. The third-order valence-electron chi connectivity index (χ3n) is 3.11. The van der Waals surface area contributed by atoms with Gasteiger partial charge in [0.25, 0.3) is 11.5 Å². The summed E-state index contributed by atoms with van der Waals surface area (Å²) >= 11 is 0. The third kappa shape index (κ3) is 3.09. The number of benzene rings is 1. The average Bonchev–Trinajstić information content (AvgIpc) is 2.95. The zero-order chi connectivity index (χ0) is 17.5. The van der Waals surface area contributed by atoms with Gasteiger partial charge in [-0.25, -0.2) is 9.78 Å². The molecule has 9 nitrogen and oxygen atoms in total. The van der Waals surface area contributed by atoms with Gasteiger partial charge >= 0.3 is 6.09 Å². The fourth-order valence-electron chi connectivity index (χ4n) is 2.12. The molecule has 0 atom stereocenters. The van der Waals surface area contributed by atoms with E-state index in [0.29, 0.717) is 21.5 Å². The van der Waals surface area contributed by atoms with E-state index in [1.165, 1.54) is 12.4 Å². The minimum atomic E-state index is -0.614. The number of anilines is 1. The van der Waals surface area contributed by atoms with E-state index in [1.54, 1.807) is 39.0 Å². The van der Waals surface area contributed by atoms with Gasteiger partial charge in [0.15, 0.2) is 0 Å². The number of nitrogens with zero attached hydrogens (tertiary/aromatic N) is 5. The highest BCUT2D eigenvalue weighted by molar-refractivity contribution is 5.80. The fourth-order valence-corrected chi connectivity index (χ4v) is 2.12. The lowest BCUT2D eigenvalue weighted by Gasteiger charge is -2.18. The number of hydrogen-bond acceptors (Lipinski definition) is 7. The number of nitrogen functional groups attached to an aromatic ring is 1. The van der Waals surface area contributed by atoms with Gasteiger partial charge in [-0.2, -0.15) is 9.78 Å². The molecule has 0 fully saturated rings. The van der Waals surface area contributed by atoms with Gasteiger partial charge in [0.05, 0.1) is 11.3 Å². The molecular weight excluding hydrogens is 312 g/mol. The lowest BCUT2D eigenvalue weighted by molar-refractivity contribution is -0.641. The van der Waals surface area contributed by atoms with Crippen LogP contribution in [-0.2, 0) is 4.74 Å². The Morgan fingerprint density at radius 2 is 2.08 bits per heavy atom. The van der Waals surface area contributed by atoms with Crippen molar-refractivity contribution in [1.29, 1.82) is 0 Å². The second-order valence-corrected chi connectivity index (χ2v) is 6.20. The minimum Gasteiger partial charge on any atom is -0.594 e. The molecule has 2 N–H and O–H groups in total. The Labute approximate surface area is 137 Å². The van der Waals surface area contributed by atoms with Crippen LogP contribution in [-0.4, -0.2) is 31.6 Å². The maximum atomic E-state index is 12.0. The van der Waals surface area contributed by atoms with Gasteiger partial charge in [0.1, 0.15) is 11.1 Å². The van der Waals surface area contributed by atoms with Gasteiger partial charge in [0.2, 0.25) is 0 Å². The van der Waals surface area contributed by atoms with Crippen molar-refractivity contribution in [2.24, 2.45) is 0 Å². The summed E-state index contributed by atoms with van der Waals surface area (Å²) in [6, 6.07) is 5.02. The Morgan fingerprint density at radius 3 is 2.79 bits per heavy atom. The molecule has 0 unspecified atom stereocenters. The van der Waals surface area contributed by atoms with Crippen molar-refractivity contribution in [1.82, 2.24) is 19.9 Å². The molecule has 0 spiro atoms. The predicted octanol–water partition coefficient (Wildman–Crippen LogP) is 1.49.